The lowest BCUT2D eigenvalue weighted by atomic mass is 9.25. The van der Waals surface area contributed by atoms with E-state index in [-0.39, 0.29) is 33.0 Å². The second-order valence-electron chi connectivity index (χ2n) is 18.8. The van der Waals surface area contributed by atoms with Gasteiger partial charge in [0.15, 0.2) is 0 Å². The molecular weight excluding hydrogens is 763 g/mol. The minimum Gasteiger partial charge on any atom is -0.480 e. The highest BCUT2D eigenvalue weighted by atomic mass is 32.1. The van der Waals surface area contributed by atoms with Gasteiger partial charge in [0.25, 0.3) is 5.95 Å². The summed E-state index contributed by atoms with van der Waals surface area (Å²) in [6.07, 6.45) is 14.0. The third kappa shape index (κ3) is 6.10. The van der Waals surface area contributed by atoms with Gasteiger partial charge < -0.3 is 40.5 Å². The third-order valence-electron chi connectivity index (χ3n) is 15.1. The summed E-state index contributed by atoms with van der Waals surface area (Å²) in [4.78, 5) is 13.4. The first-order valence-corrected chi connectivity index (χ1v) is 21.9. The number of allylic oxidation sites excluding steroid dienone is 3. The Labute approximate surface area is 350 Å². The molecule has 5 fully saturated rings. The Morgan fingerprint density at radius 3 is 2.58 bits per heavy atom. The van der Waals surface area contributed by atoms with Crippen LogP contribution in [-0.2, 0) is 16.0 Å². The Morgan fingerprint density at radius 1 is 1.08 bits per heavy atom. The van der Waals surface area contributed by atoms with Crippen molar-refractivity contribution in [3.63, 3.8) is 0 Å². The number of nitrogens with zero attached hydrogens (tertiary/aromatic N) is 6. The molecule has 6 N–H and O–H groups in total. The molecule has 1 aromatic carbocycles. The minimum atomic E-state index is -0.813. The van der Waals surface area contributed by atoms with Crippen LogP contribution in [0.2, 0.25) is 0 Å². The normalized spacial score (nSPS) is 31.8. The number of thiazole rings is 1. The summed E-state index contributed by atoms with van der Waals surface area (Å²) in [5.41, 5.74) is 12.5. The largest absolute Gasteiger partial charge is 0.480 e. The van der Waals surface area contributed by atoms with E-state index < -0.39 is 5.95 Å². The van der Waals surface area contributed by atoms with Crippen LogP contribution >= 0.6 is 11.3 Å². The summed E-state index contributed by atoms with van der Waals surface area (Å²) in [6, 6.07) is 7.89. The fourth-order valence-electron chi connectivity index (χ4n) is 13.2. The van der Waals surface area contributed by atoms with Gasteiger partial charge in [0.1, 0.15) is 23.2 Å². The SMILES string of the molecule is COCCCN(C)CCOC12CC3(C)CC4(Cn5ncc(C6=CC=C(N7CCC/C(=C(C)/C(N)=N\c8nc9ccccc9s8)C7=N)NC6=C(O)O)c5C)CC(C)(C1)C32C4. The standard InChI is InChI=1S/C45H59N9O4S/c1-28(37(46)51-40-49-33-12-7-8-13-34(33)59-40)30-11-9-17-53(38(30)47)35-15-14-31(36(50-35)39(55)56)32-21-48-54(29(32)2)27-43-22-41(3)24-44(25-42(4,23-43)45(41,44)26-43)58-20-18-52(5)16-10-19-57-6/h7-8,12-15,21,47,50,55-56H,9-11,16-20,22-27H2,1-6H3,(H2,46,49,51)/b30-28-,47-38?. The van der Waals surface area contributed by atoms with Crippen molar-refractivity contribution in [2.75, 3.05) is 47.0 Å². The number of amidine groups is 2. The molecule has 0 radical (unpaired) electrons. The summed E-state index contributed by atoms with van der Waals surface area (Å²) in [7, 11) is 3.93. The van der Waals surface area contributed by atoms with Gasteiger partial charge >= 0.3 is 0 Å². The zero-order chi connectivity index (χ0) is 41.5. The van der Waals surface area contributed by atoms with Crippen molar-refractivity contribution in [3.05, 3.63) is 82.5 Å². The van der Waals surface area contributed by atoms with Crippen molar-refractivity contribution in [1.82, 2.24) is 29.9 Å². The lowest BCUT2D eigenvalue weighted by molar-refractivity contribution is -0.397. The van der Waals surface area contributed by atoms with Gasteiger partial charge in [-0.15, -0.1) is 0 Å². The number of hydrogen-bond donors (Lipinski definition) is 5. The Morgan fingerprint density at radius 2 is 1.85 bits per heavy atom. The lowest BCUT2D eigenvalue weighted by Crippen LogP contribution is -2.82. The van der Waals surface area contributed by atoms with Gasteiger partial charge in [-0.1, -0.05) is 37.3 Å². The van der Waals surface area contributed by atoms with E-state index in [0.717, 1.165) is 91.2 Å². The molecule has 4 saturated carbocycles. The third-order valence-corrected chi connectivity index (χ3v) is 16.1. The molecule has 1 saturated heterocycles. The minimum absolute atomic E-state index is 0.00920. The van der Waals surface area contributed by atoms with Crippen molar-refractivity contribution in [3.8, 4) is 0 Å². The van der Waals surface area contributed by atoms with E-state index in [2.05, 4.69) is 52.7 Å². The molecule has 3 aromatic rings. The molecule has 6 aliphatic rings. The number of nitrogens with two attached hydrogens (primary N) is 1. The molecule has 314 valence electrons. The topological polar surface area (TPSA) is 170 Å². The summed E-state index contributed by atoms with van der Waals surface area (Å²) in [5, 5.41) is 39.4. The smallest absolute Gasteiger partial charge is 0.299 e. The van der Waals surface area contributed by atoms with Crippen LogP contribution in [0.3, 0.4) is 0 Å². The van der Waals surface area contributed by atoms with Crippen LogP contribution in [-0.4, -0.2) is 99.1 Å². The quantitative estimate of drug-likeness (QED) is 0.0470. The molecule has 59 heavy (non-hydrogen) atoms. The zero-order valence-corrected chi connectivity index (χ0v) is 36.1. The van der Waals surface area contributed by atoms with Crippen molar-refractivity contribution < 1.29 is 19.7 Å². The number of fused-ring (bicyclic) bond motifs is 2. The molecule has 14 heteroatoms. The Kier molecular flexibility index (Phi) is 9.69. The summed E-state index contributed by atoms with van der Waals surface area (Å²) >= 11 is 1.48. The molecular formula is C45H59N9O4S. The number of nitrogens with one attached hydrogen (secondary N) is 2. The van der Waals surface area contributed by atoms with Gasteiger partial charge in [-0.25, -0.2) is 9.98 Å². The van der Waals surface area contributed by atoms with Crippen LogP contribution in [0.1, 0.15) is 83.4 Å². The van der Waals surface area contributed by atoms with Crippen LogP contribution in [0.15, 0.2) is 76.2 Å². The average molecular weight is 822 g/mol. The van der Waals surface area contributed by atoms with E-state index in [1.165, 1.54) is 30.6 Å². The molecule has 2 aliphatic heterocycles. The molecule has 2 aromatic heterocycles. The number of dihydropyridines is 1. The van der Waals surface area contributed by atoms with E-state index in [9.17, 15) is 15.6 Å². The van der Waals surface area contributed by atoms with Crippen molar-refractivity contribution in [2.24, 2.45) is 32.4 Å². The number of methoxy groups -OCH3 is 1. The van der Waals surface area contributed by atoms with Crippen molar-refractivity contribution >= 4 is 43.9 Å². The highest BCUT2D eigenvalue weighted by Crippen LogP contribution is 2.95. The monoisotopic (exact) mass is 821 g/mol. The fraction of sp³-hybridized carbons (Fsp3) is 0.556. The first kappa shape index (κ1) is 39.9. The van der Waals surface area contributed by atoms with Gasteiger partial charge in [0, 0.05) is 67.7 Å². The number of ether oxygens (including phenoxy) is 2. The number of likely N-dealkylation sites (tertiary alicyclic amines) is 1. The first-order chi connectivity index (χ1) is 28.2. The number of likely N-dealkylation sites (N-methyl/N-ethyl adjacent to an activating group) is 1. The second-order valence-corrected chi connectivity index (χ2v) is 19.8. The van der Waals surface area contributed by atoms with Crippen LogP contribution in [0.4, 0.5) is 5.13 Å². The van der Waals surface area contributed by atoms with Crippen molar-refractivity contribution in [1.29, 1.82) is 5.41 Å². The van der Waals surface area contributed by atoms with Crippen LogP contribution < -0.4 is 11.1 Å². The average Bonchev–Trinajstić information content (AvgIpc) is 3.90. The maximum atomic E-state index is 10.7. The van der Waals surface area contributed by atoms with E-state index in [4.69, 9.17) is 20.3 Å². The predicted octanol–water partition coefficient (Wildman–Crippen LogP) is 7.71. The van der Waals surface area contributed by atoms with E-state index >= 15 is 0 Å². The number of rotatable bonds is 14. The van der Waals surface area contributed by atoms with Gasteiger partial charge in [-0.3, -0.25) is 10.1 Å². The zero-order valence-electron chi connectivity index (χ0n) is 35.3. The number of aromatic nitrogens is 3. The van der Waals surface area contributed by atoms with Crippen LogP contribution in [0.5, 0.6) is 0 Å². The van der Waals surface area contributed by atoms with E-state index in [1.807, 2.05) is 54.4 Å². The Hall–Kier alpha value is -4.50. The Bertz CT molecular complexity index is 2310. The number of hydrogen-bond acceptors (Lipinski definition) is 11. The lowest BCUT2D eigenvalue weighted by Gasteiger charge is -2.82. The highest BCUT2D eigenvalue weighted by Gasteiger charge is 2.93. The van der Waals surface area contributed by atoms with Gasteiger partial charge in [0.05, 0.1) is 28.6 Å². The Balaban J connectivity index is 0.913. The second kappa shape index (κ2) is 14.3. The maximum Gasteiger partial charge on any atom is 0.299 e. The van der Waals surface area contributed by atoms with E-state index in [1.54, 1.807) is 7.11 Å². The molecule has 1 spiro atoms. The van der Waals surface area contributed by atoms with Gasteiger partial charge in [0.2, 0.25) is 5.13 Å². The highest BCUT2D eigenvalue weighted by molar-refractivity contribution is 7.22. The molecule has 9 rings (SSSR count). The summed E-state index contributed by atoms with van der Waals surface area (Å²) in [6.45, 7) is 13.9. The van der Waals surface area contributed by atoms with Crippen LogP contribution in [0, 0.1) is 34.0 Å². The summed E-state index contributed by atoms with van der Waals surface area (Å²) < 4.78 is 15.4. The predicted molar refractivity (Wildman–Crippen MR) is 233 cm³/mol. The molecule has 2 unspecified atom stereocenters. The van der Waals surface area contributed by atoms with Crippen LogP contribution in [0.25, 0.3) is 15.8 Å². The molecule has 0 amide bonds. The number of aliphatic hydroxyl groups is 2. The molecule has 2 atom stereocenters. The molecule has 2 bridgehead atoms. The number of aliphatic imine (C=N–C) groups is 1. The first-order valence-electron chi connectivity index (χ1n) is 21.1. The molecule has 4 heterocycles. The summed E-state index contributed by atoms with van der Waals surface area (Å²) in [5.74, 6) is 0.395. The number of aliphatic hydroxyl groups excluding tert-OH is 1. The molecule has 13 nitrogen and oxygen atoms in total. The number of benzene rings is 1. The fourth-order valence-corrected chi connectivity index (χ4v) is 14.1. The van der Waals surface area contributed by atoms with Gasteiger partial charge in [-0.2, -0.15) is 5.10 Å². The van der Waals surface area contributed by atoms with Gasteiger partial charge in [-0.05, 0) is 118 Å². The number of piperidine rings is 1. The van der Waals surface area contributed by atoms with Crippen molar-refractivity contribution in [2.45, 2.75) is 91.2 Å². The van der Waals surface area contributed by atoms with E-state index in [0.29, 0.717) is 41.2 Å². The number of para-hydroxylation sites is 1. The maximum absolute atomic E-state index is 10.7. The molecule has 4 aliphatic carbocycles.